The van der Waals surface area contributed by atoms with Crippen LogP contribution >= 0.6 is 0 Å². The molecule has 0 saturated carbocycles. The fourth-order valence-corrected chi connectivity index (χ4v) is 4.10. The van der Waals surface area contributed by atoms with Crippen molar-refractivity contribution in [2.24, 2.45) is 11.1 Å². The van der Waals surface area contributed by atoms with E-state index in [1.165, 1.54) is 4.90 Å². The molecule has 2 aromatic carbocycles. The van der Waals surface area contributed by atoms with Crippen molar-refractivity contribution in [2.45, 2.75) is 32.9 Å². The number of rotatable bonds is 3. The fraction of sp³-hybridized carbons (Fsp3) is 0.348. The smallest absolute Gasteiger partial charge is 0.261 e. The number of benzene rings is 2. The summed E-state index contributed by atoms with van der Waals surface area (Å²) in [5.41, 5.74) is 8.21. The van der Waals surface area contributed by atoms with Crippen LogP contribution < -0.4 is 5.73 Å². The van der Waals surface area contributed by atoms with Crippen LogP contribution in [0.15, 0.2) is 48.5 Å². The van der Waals surface area contributed by atoms with Crippen LogP contribution in [0.4, 0.5) is 0 Å². The van der Waals surface area contributed by atoms with Crippen molar-refractivity contribution in [1.29, 1.82) is 0 Å². The number of nitrogens with two attached hydrogens (primary N) is 1. The molecule has 0 radical (unpaired) electrons. The van der Waals surface area contributed by atoms with E-state index >= 15 is 0 Å². The van der Waals surface area contributed by atoms with Crippen LogP contribution in [0.2, 0.25) is 0 Å². The summed E-state index contributed by atoms with van der Waals surface area (Å²) >= 11 is 0. The van der Waals surface area contributed by atoms with Crippen LogP contribution in [-0.4, -0.2) is 46.7 Å². The molecule has 1 fully saturated rings. The predicted octanol–water partition coefficient (Wildman–Crippen LogP) is 2.68. The van der Waals surface area contributed by atoms with E-state index in [1.807, 2.05) is 11.0 Å². The summed E-state index contributed by atoms with van der Waals surface area (Å²) in [6.07, 6.45) is 0.771. The Morgan fingerprint density at radius 2 is 1.72 bits per heavy atom. The molecule has 0 spiro atoms. The van der Waals surface area contributed by atoms with E-state index in [9.17, 15) is 14.4 Å². The van der Waals surface area contributed by atoms with Crippen molar-refractivity contribution in [3.63, 3.8) is 0 Å². The average molecular weight is 391 g/mol. The van der Waals surface area contributed by atoms with Crippen molar-refractivity contribution in [3.8, 4) is 0 Å². The van der Waals surface area contributed by atoms with Gasteiger partial charge in [0.2, 0.25) is 0 Å². The van der Waals surface area contributed by atoms with Crippen LogP contribution in [0, 0.1) is 5.41 Å². The molecule has 4 rings (SSSR count). The zero-order valence-electron chi connectivity index (χ0n) is 16.7. The first-order valence-electron chi connectivity index (χ1n) is 9.87. The summed E-state index contributed by atoms with van der Waals surface area (Å²) in [4.78, 5) is 41.3. The van der Waals surface area contributed by atoms with Gasteiger partial charge in [-0.15, -0.1) is 0 Å². The van der Waals surface area contributed by atoms with E-state index in [0.717, 1.165) is 12.0 Å². The zero-order chi connectivity index (χ0) is 20.8. The Bertz CT molecular complexity index is 963. The molecule has 2 N–H and O–H groups in total. The molecule has 0 aliphatic carbocycles. The van der Waals surface area contributed by atoms with Crippen molar-refractivity contribution >= 4 is 17.7 Å². The van der Waals surface area contributed by atoms with E-state index in [0.29, 0.717) is 29.8 Å². The summed E-state index contributed by atoms with van der Waals surface area (Å²) < 4.78 is 0. The van der Waals surface area contributed by atoms with E-state index < -0.39 is 0 Å². The number of piperidine rings is 1. The molecule has 1 unspecified atom stereocenters. The molecule has 2 aliphatic rings. The van der Waals surface area contributed by atoms with Crippen LogP contribution in [-0.2, 0) is 6.54 Å². The first-order chi connectivity index (χ1) is 13.8. The molecule has 2 heterocycles. The molecule has 0 bridgehead atoms. The first kappa shape index (κ1) is 19.3. The SMILES string of the molecule is CC1(C)CN(C(=O)c2cccc(CN3C(=O)c4ccccc4C3=O)c2)CCC1N. The number of imide groups is 1. The highest BCUT2D eigenvalue weighted by Gasteiger charge is 2.36. The first-order valence-corrected chi connectivity index (χ1v) is 9.87. The summed E-state index contributed by atoms with van der Waals surface area (Å²) in [6.45, 7) is 5.54. The molecule has 1 atom stereocenters. The van der Waals surface area contributed by atoms with Gasteiger partial charge in [0.1, 0.15) is 0 Å². The van der Waals surface area contributed by atoms with Gasteiger partial charge in [-0.3, -0.25) is 19.3 Å². The molecule has 2 aromatic rings. The van der Waals surface area contributed by atoms with Gasteiger partial charge in [0.25, 0.3) is 17.7 Å². The third-order valence-corrected chi connectivity index (χ3v) is 5.99. The maximum Gasteiger partial charge on any atom is 0.261 e. The third-order valence-electron chi connectivity index (χ3n) is 5.99. The number of fused-ring (bicyclic) bond motifs is 1. The standard InChI is InChI=1S/C23H25N3O3/c1-23(2)14-25(11-10-19(23)24)20(27)16-7-5-6-15(12-16)13-26-21(28)17-8-3-4-9-18(17)22(26)29/h3-9,12,19H,10-11,13-14,24H2,1-2H3. The van der Waals surface area contributed by atoms with Gasteiger partial charge in [-0.05, 0) is 41.7 Å². The topological polar surface area (TPSA) is 83.7 Å². The number of carbonyl (C=O) groups is 3. The molecule has 6 nitrogen and oxygen atoms in total. The van der Waals surface area contributed by atoms with Gasteiger partial charge < -0.3 is 10.6 Å². The molecular weight excluding hydrogens is 366 g/mol. The summed E-state index contributed by atoms with van der Waals surface area (Å²) in [6, 6.07) is 14.1. The highest BCUT2D eigenvalue weighted by molar-refractivity contribution is 6.21. The average Bonchev–Trinajstić information content (AvgIpc) is 2.95. The van der Waals surface area contributed by atoms with Gasteiger partial charge in [0, 0.05) is 24.7 Å². The minimum absolute atomic E-state index is 0.0470. The third kappa shape index (κ3) is 3.44. The van der Waals surface area contributed by atoms with E-state index in [-0.39, 0.29) is 35.7 Å². The predicted molar refractivity (Wildman–Crippen MR) is 109 cm³/mol. The fourth-order valence-electron chi connectivity index (χ4n) is 4.10. The van der Waals surface area contributed by atoms with Crippen LogP contribution in [0.1, 0.15) is 56.9 Å². The Balaban J connectivity index is 1.52. The Hall–Kier alpha value is -2.99. The lowest BCUT2D eigenvalue weighted by Crippen LogP contribution is -2.54. The second-order valence-electron chi connectivity index (χ2n) is 8.55. The molecule has 1 saturated heterocycles. The largest absolute Gasteiger partial charge is 0.338 e. The molecule has 150 valence electrons. The number of hydrogen-bond acceptors (Lipinski definition) is 4. The molecule has 0 aromatic heterocycles. The highest BCUT2D eigenvalue weighted by Crippen LogP contribution is 2.29. The molecule has 6 heteroatoms. The lowest BCUT2D eigenvalue weighted by molar-refractivity contribution is 0.0533. The van der Waals surface area contributed by atoms with E-state index in [2.05, 4.69) is 13.8 Å². The number of amides is 3. The van der Waals surface area contributed by atoms with Gasteiger partial charge in [-0.2, -0.15) is 0 Å². The van der Waals surface area contributed by atoms with E-state index in [1.54, 1.807) is 42.5 Å². The summed E-state index contributed by atoms with van der Waals surface area (Å²) in [5, 5.41) is 0. The van der Waals surface area contributed by atoms with Crippen LogP contribution in [0.5, 0.6) is 0 Å². The van der Waals surface area contributed by atoms with Crippen molar-refractivity contribution in [1.82, 2.24) is 9.80 Å². The van der Waals surface area contributed by atoms with Gasteiger partial charge >= 0.3 is 0 Å². The van der Waals surface area contributed by atoms with Crippen molar-refractivity contribution in [2.75, 3.05) is 13.1 Å². The molecule has 3 amide bonds. The Morgan fingerprint density at radius 3 is 2.34 bits per heavy atom. The minimum Gasteiger partial charge on any atom is -0.338 e. The minimum atomic E-state index is -0.297. The van der Waals surface area contributed by atoms with Crippen molar-refractivity contribution in [3.05, 3.63) is 70.8 Å². The van der Waals surface area contributed by atoms with Gasteiger partial charge in [0.05, 0.1) is 17.7 Å². The molecule has 2 aliphatic heterocycles. The number of nitrogens with zero attached hydrogens (tertiary/aromatic N) is 2. The summed E-state index contributed by atoms with van der Waals surface area (Å²) in [7, 11) is 0. The van der Waals surface area contributed by atoms with Crippen molar-refractivity contribution < 1.29 is 14.4 Å². The Kier molecular flexibility index (Phi) is 4.74. The monoisotopic (exact) mass is 391 g/mol. The normalized spacial score (nSPS) is 20.7. The second kappa shape index (κ2) is 7.12. The van der Waals surface area contributed by atoms with Crippen LogP contribution in [0.25, 0.3) is 0 Å². The number of likely N-dealkylation sites (tertiary alicyclic amines) is 1. The maximum atomic E-state index is 13.0. The summed E-state index contributed by atoms with van der Waals surface area (Å²) in [5.74, 6) is -0.641. The Morgan fingerprint density at radius 1 is 1.07 bits per heavy atom. The lowest BCUT2D eigenvalue weighted by Gasteiger charge is -2.42. The molecular formula is C23H25N3O3. The Labute approximate surface area is 170 Å². The highest BCUT2D eigenvalue weighted by atomic mass is 16.2. The maximum absolute atomic E-state index is 13.0. The van der Waals surface area contributed by atoms with E-state index in [4.69, 9.17) is 5.73 Å². The zero-order valence-corrected chi connectivity index (χ0v) is 16.7. The quantitative estimate of drug-likeness (QED) is 0.816. The van der Waals surface area contributed by atoms with Gasteiger partial charge in [-0.1, -0.05) is 38.1 Å². The number of hydrogen-bond donors (Lipinski definition) is 1. The second-order valence-corrected chi connectivity index (χ2v) is 8.55. The molecule has 29 heavy (non-hydrogen) atoms. The number of carbonyl (C=O) groups excluding carboxylic acids is 3. The van der Waals surface area contributed by atoms with Gasteiger partial charge in [-0.25, -0.2) is 0 Å². The van der Waals surface area contributed by atoms with Gasteiger partial charge in [0.15, 0.2) is 0 Å². The van der Waals surface area contributed by atoms with Crippen LogP contribution in [0.3, 0.4) is 0 Å². The lowest BCUT2D eigenvalue weighted by atomic mass is 9.79.